The Kier molecular flexibility index (Phi) is 3.30. The molecule has 0 atom stereocenters. The molecule has 0 aliphatic carbocycles. The molecule has 104 valence electrons. The number of hydrogen-bond donors (Lipinski definition) is 1. The largest absolute Gasteiger partial charge is 0.378 e. The molecule has 0 unspecified atom stereocenters. The number of alkyl halides is 2. The van der Waals surface area contributed by atoms with Gasteiger partial charge in [0.2, 0.25) is 0 Å². The highest BCUT2D eigenvalue weighted by Gasteiger charge is 2.34. The minimum atomic E-state index is -2.18. The highest BCUT2D eigenvalue weighted by atomic mass is 19.1. The van der Waals surface area contributed by atoms with Gasteiger partial charge >= 0.3 is 0 Å². The van der Waals surface area contributed by atoms with E-state index in [1.54, 1.807) is 6.07 Å². The van der Waals surface area contributed by atoms with Gasteiger partial charge in [-0.2, -0.15) is 5.10 Å². The van der Waals surface area contributed by atoms with Crippen LogP contribution in [0.1, 0.15) is 32.0 Å². The third-order valence-electron chi connectivity index (χ3n) is 3.15. The number of aliphatic hydroxyl groups is 1. The van der Waals surface area contributed by atoms with Crippen LogP contribution in [0.15, 0.2) is 18.5 Å². The molecule has 2 aromatic heterocycles. The molecule has 6 heteroatoms. The topological polar surface area (TPSA) is 50.4 Å². The average molecular weight is 269 g/mol. The summed E-state index contributed by atoms with van der Waals surface area (Å²) >= 11 is 0. The monoisotopic (exact) mass is 269 g/mol. The summed E-state index contributed by atoms with van der Waals surface area (Å²) in [6.07, 6.45) is 1.31. The molecule has 2 rings (SSSR count). The third-order valence-corrected chi connectivity index (χ3v) is 3.15. The molecule has 0 aliphatic heterocycles. The highest BCUT2D eigenvalue weighted by Crippen LogP contribution is 2.29. The molecule has 0 aromatic carbocycles. The van der Waals surface area contributed by atoms with Crippen molar-refractivity contribution in [2.75, 3.05) is 13.3 Å². The Labute approximate surface area is 110 Å². The van der Waals surface area contributed by atoms with Crippen LogP contribution in [0.3, 0.4) is 0 Å². The van der Waals surface area contributed by atoms with E-state index in [9.17, 15) is 13.9 Å². The first-order chi connectivity index (χ1) is 8.83. The van der Waals surface area contributed by atoms with Crippen LogP contribution in [-0.4, -0.2) is 33.1 Å². The molecule has 0 amide bonds. The van der Waals surface area contributed by atoms with Crippen molar-refractivity contribution in [1.29, 1.82) is 0 Å². The zero-order valence-electron chi connectivity index (χ0n) is 11.2. The summed E-state index contributed by atoms with van der Waals surface area (Å²) in [5, 5.41) is 13.9. The molecule has 2 heterocycles. The van der Waals surface area contributed by atoms with Crippen molar-refractivity contribution in [3.05, 3.63) is 29.7 Å². The van der Waals surface area contributed by atoms with E-state index in [1.807, 2.05) is 20.8 Å². The fraction of sp³-hybridized carbons (Fsp3) is 0.538. The molecule has 19 heavy (non-hydrogen) atoms. The lowest BCUT2D eigenvalue weighted by Gasteiger charge is -2.25. The van der Waals surface area contributed by atoms with Gasteiger partial charge in [0.25, 0.3) is 0 Å². The lowest BCUT2D eigenvalue weighted by Crippen LogP contribution is -2.34. The van der Waals surface area contributed by atoms with Crippen molar-refractivity contribution < 1.29 is 13.9 Å². The van der Waals surface area contributed by atoms with Crippen molar-refractivity contribution in [2.45, 2.75) is 31.8 Å². The quantitative estimate of drug-likeness (QED) is 0.929. The highest BCUT2D eigenvalue weighted by molar-refractivity contribution is 5.52. The predicted molar refractivity (Wildman–Crippen MR) is 67.5 cm³/mol. The van der Waals surface area contributed by atoms with E-state index in [0.29, 0.717) is 5.65 Å². The van der Waals surface area contributed by atoms with Crippen LogP contribution < -0.4 is 0 Å². The number of hydrogen-bond acceptors (Lipinski definition) is 3. The van der Waals surface area contributed by atoms with Gasteiger partial charge < -0.3 is 5.11 Å². The Balaban J connectivity index is 2.72. The maximum Gasteiger partial charge on any atom is 0.163 e. The SMILES string of the molecule is CC(C)(C)c1ccc(C(O)(CF)CF)n2ncnc12. The van der Waals surface area contributed by atoms with Crippen molar-refractivity contribution >= 4 is 5.65 Å². The van der Waals surface area contributed by atoms with Crippen LogP contribution in [-0.2, 0) is 11.0 Å². The van der Waals surface area contributed by atoms with Crippen molar-refractivity contribution in [2.24, 2.45) is 0 Å². The Hall–Kier alpha value is -1.56. The van der Waals surface area contributed by atoms with Crippen LogP contribution >= 0.6 is 0 Å². The molecule has 0 saturated heterocycles. The van der Waals surface area contributed by atoms with Crippen LogP contribution in [0.25, 0.3) is 5.65 Å². The Morgan fingerprint density at radius 1 is 1.21 bits per heavy atom. The van der Waals surface area contributed by atoms with E-state index in [2.05, 4.69) is 10.1 Å². The fourth-order valence-corrected chi connectivity index (χ4v) is 2.02. The van der Waals surface area contributed by atoms with Gasteiger partial charge in [-0.15, -0.1) is 0 Å². The van der Waals surface area contributed by atoms with E-state index in [4.69, 9.17) is 0 Å². The molecule has 2 aromatic rings. The number of nitrogens with zero attached hydrogens (tertiary/aromatic N) is 3. The van der Waals surface area contributed by atoms with Gasteiger partial charge in [0, 0.05) is 5.56 Å². The molecular weight excluding hydrogens is 252 g/mol. The number of pyridine rings is 1. The van der Waals surface area contributed by atoms with Crippen LogP contribution in [0.5, 0.6) is 0 Å². The maximum absolute atomic E-state index is 12.9. The summed E-state index contributed by atoms with van der Waals surface area (Å²) in [5.74, 6) is 0. The Bertz CT molecular complexity index is 585. The molecule has 0 aliphatic rings. The normalized spacial score (nSPS) is 13.2. The molecule has 0 bridgehead atoms. The number of rotatable bonds is 3. The van der Waals surface area contributed by atoms with Gasteiger partial charge in [0.15, 0.2) is 11.2 Å². The molecule has 1 N–H and O–H groups in total. The predicted octanol–water partition coefficient (Wildman–Crippen LogP) is 2.15. The van der Waals surface area contributed by atoms with Crippen molar-refractivity contribution in [3.8, 4) is 0 Å². The van der Waals surface area contributed by atoms with Gasteiger partial charge in [0.1, 0.15) is 19.7 Å². The van der Waals surface area contributed by atoms with Crippen LogP contribution in [0.2, 0.25) is 0 Å². The molecule has 0 spiro atoms. The van der Waals surface area contributed by atoms with Crippen LogP contribution in [0.4, 0.5) is 8.78 Å². The van der Waals surface area contributed by atoms with Gasteiger partial charge in [-0.05, 0) is 11.5 Å². The number of fused-ring (bicyclic) bond motifs is 1. The summed E-state index contributed by atoms with van der Waals surface area (Å²) in [4.78, 5) is 4.12. The van der Waals surface area contributed by atoms with Crippen molar-refractivity contribution in [1.82, 2.24) is 14.6 Å². The molecule has 0 saturated carbocycles. The van der Waals surface area contributed by atoms with Crippen molar-refractivity contribution in [3.63, 3.8) is 0 Å². The number of halogens is 2. The van der Waals surface area contributed by atoms with E-state index >= 15 is 0 Å². The Morgan fingerprint density at radius 2 is 1.84 bits per heavy atom. The van der Waals surface area contributed by atoms with Gasteiger partial charge in [0.05, 0.1) is 5.69 Å². The Morgan fingerprint density at radius 3 is 2.37 bits per heavy atom. The summed E-state index contributed by atoms with van der Waals surface area (Å²) in [6.45, 7) is 3.59. The molecule has 4 nitrogen and oxygen atoms in total. The first kappa shape index (κ1) is 13.9. The zero-order chi connectivity index (χ0) is 14.3. The second-order valence-corrected chi connectivity index (χ2v) is 5.68. The van der Waals surface area contributed by atoms with Gasteiger partial charge in [-0.3, -0.25) is 0 Å². The molecular formula is C13H17F2N3O. The minimum Gasteiger partial charge on any atom is -0.378 e. The fourth-order valence-electron chi connectivity index (χ4n) is 2.02. The summed E-state index contributed by atoms with van der Waals surface area (Å²) in [5.41, 5.74) is -0.893. The van der Waals surface area contributed by atoms with E-state index in [0.717, 1.165) is 5.56 Å². The zero-order valence-corrected chi connectivity index (χ0v) is 11.2. The number of aromatic nitrogens is 3. The van der Waals surface area contributed by atoms with Crippen LogP contribution in [0, 0.1) is 0 Å². The second kappa shape index (κ2) is 4.52. The second-order valence-electron chi connectivity index (χ2n) is 5.68. The first-order valence-corrected chi connectivity index (χ1v) is 6.01. The minimum absolute atomic E-state index is 0.0676. The summed E-state index contributed by atoms with van der Waals surface area (Å²) in [6, 6.07) is 3.23. The van der Waals surface area contributed by atoms with Gasteiger partial charge in [-0.1, -0.05) is 26.8 Å². The van der Waals surface area contributed by atoms with E-state index in [1.165, 1.54) is 16.9 Å². The summed E-state index contributed by atoms with van der Waals surface area (Å²) < 4.78 is 27.2. The maximum atomic E-state index is 12.9. The lowest BCUT2D eigenvalue weighted by molar-refractivity contribution is -0.0166. The standard InChI is InChI=1S/C13H17F2N3O/c1-12(2,3)9-4-5-10(13(19,6-14)7-15)18-11(9)16-8-17-18/h4-5,8,19H,6-7H2,1-3H3. The molecule has 0 fully saturated rings. The molecule has 0 radical (unpaired) electrons. The third kappa shape index (κ3) is 2.20. The smallest absolute Gasteiger partial charge is 0.163 e. The first-order valence-electron chi connectivity index (χ1n) is 6.01. The van der Waals surface area contributed by atoms with E-state index in [-0.39, 0.29) is 11.1 Å². The summed E-state index contributed by atoms with van der Waals surface area (Å²) in [7, 11) is 0. The van der Waals surface area contributed by atoms with E-state index < -0.39 is 19.0 Å². The lowest BCUT2D eigenvalue weighted by atomic mass is 9.87. The average Bonchev–Trinajstić information content (AvgIpc) is 2.84. The van der Waals surface area contributed by atoms with Gasteiger partial charge in [-0.25, -0.2) is 18.3 Å².